The normalized spacial score (nSPS) is 22.1. The zero-order valence-corrected chi connectivity index (χ0v) is 10.9. The fourth-order valence-electron chi connectivity index (χ4n) is 1.72. The fraction of sp³-hybridized carbons (Fsp3) is 0.818. The number of carboxylic acids is 1. The Labute approximate surface area is 113 Å². The van der Waals surface area contributed by atoms with Crippen LogP contribution in [0.4, 0.5) is 18.0 Å². The molecule has 0 radical (unpaired) electrons. The van der Waals surface area contributed by atoms with E-state index in [4.69, 9.17) is 9.84 Å². The Morgan fingerprint density at radius 1 is 1.40 bits per heavy atom. The number of urea groups is 1. The molecule has 3 N–H and O–H groups in total. The first kappa shape index (κ1) is 16.5. The molecular weight excluding hydrogens is 281 g/mol. The van der Waals surface area contributed by atoms with Crippen LogP contribution in [0.5, 0.6) is 0 Å². The SMILES string of the molecule is CC(NC(=O)NCCC1CCOC1)(C(=O)O)C(F)(F)F. The van der Waals surface area contributed by atoms with Gasteiger partial charge in [0.2, 0.25) is 5.54 Å². The second-order valence-corrected chi connectivity index (χ2v) is 4.83. The molecule has 9 heteroatoms. The first-order valence-corrected chi connectivity index (χ1v) is 6.10. The highest BCUT2D eigenvalue weighted by atomic mass is 19.4. The number of aliphatic carboxylic acids is 1. The molecule has 1 rings (SSSR count). The number of hydrogen-bond acceptors (Lipinski definition) is 3. The van der Waals surface area contributed by atoms with Crippen molar-refractivity contribution in [2.24, 2.45) is 5.92 Å². The van der Waals surface area contributed by atoms with Crippen molar-refractivity contribution in [2.75, 3.05) is 19.8 Å². The standard InChI is InChI=1S/C11H17F3N2O4/c1-10(8(17)18,11(12,13)14)16-9(19)15-4-2-7-3-5-20-6-7/h7H,2-6H2,1H3,(H,17,18)(H2,15,16,19). The van der Waals surface area contributed by atoms with Gasteiger partial charge in [-0.05, 0) is 25.7 Å². The number of hydrogen-bond donors (Lipinski definition) is 3. The number of carbonyl (C=O) groups excluding carboxylic acids is 1. The number of amides is 2. The van der Waals surface area contributed by atoms with Crippen LogP contribution in [0, 0.1) is 5.92 Å². The summed E-state index contributed by atoms with van der Waals surface area (Å²) in [6.45, 7) is 1.77. The molecule has 6 nitrogen and oxygen atoms in total. The summed E-state index contributed by atoms with van der Waals surface area (Å²) in [5, 5.41) is 12.3. The maximum absolute atomic E-state index is 12.6. The van der Waals surface area contributed by atoms with Crippen molar-refractivity contribution in [1.29, 1.82) is 0 Å². The first-order chi connectivity index (χ1) is 9.17. The third kappa shape index (κ3) is 3.99. The van der Waals surface area contributed by atoms with Crippen molar-refractivity contribution >= 4 is 12.0 Å². The second kappa shape index (κ2) is 6.29. The molecule has 2 atom stereocenters. The van der Waals surface area contributed by atoms with Gasteiger partial charge >= 0.3 is 18.2 Å². The summed E-state index contributed by atoms with van der Waals surface area (Å²) in [6, 6.07) is -1.16. The molecule has 2 amide bonds. The number of carboxylic acid groups (broad SMARTS) is 1. The molecule has 0 aromatic carbocycles. The van der Waals surface area contributed by atoms with Crippen LogP contribution in [0.15, 0.2) is 0 Å². The van der Waals surface area contributed by atoms with Crippen molar-refractivity contribution in [2.45, 2.75) is 31.5 Å². The molecule has 20 heavy (non-hydrogen) atoms. The van der Waals surface area contributed by atoms with E-state index in [2.05, 4.69) is 5.32 Å². The topological polar surface area (TPSA) is 87.7 Å². The predicted molar refractivity (Wildman–Crippen MR) is 62.2 cm³/mol. The Morgan fingerprint density at radius 3 is 2.50 bits per heavy atom. The highest BCUT2D eigenvalue weighted by molar-refractivity contribution is 5.86. The third-order valence-electron chi connectivity index (χ3n) is 3.22. The van der Waals surface area contributed by atoms with E-state index in [9.17, 15) is 22.8 Å². The van der Waals surface area contributed by atoms with Crippen LogP contribution in [0.25, 0.3) is 0 Å². The van der Waals surface area contributed by atoms with Crippen molar-refractivity contribution in [1.82, 2.24) is 10.6 Å². The van der Waals surface area contributed by atoms with E-state index >= 15 is 0 Å². The minimum atomic E-state index is -5.09. The van der Waals surface area contributed by atoms with Gasteiger partial charge in [-0.1, -0.05) is 0 Å². The molecule has 2 unspecified atom stereocenters. The lowest BCUT2D eigenvalue weighted by atomic mass is 10.0. The van der Waals surface area contributed by atoms with Gasteiger partial charge in [-0.25, -0.2) is 9.59 Å². The van der Waals surface area contributed by atoms with Crippen molar-refractivity contribution < 1.29 is 32.6 Å². The molecule has 1 aliphatic heterocycles. The highest BCUT2D eigenvalue weighted by Gasteiger charge is 2.58. The number of alkyl halides is 3. The van der Waals surface area contributed by atoms with E-state index in [1.807, 2.05) is 0 Å². The number of ether oxygens (including phenoxy) is 1. The largest absolute Gasteiger partial charge is 0.479 e. The maximum atomic E-state index is 12.6. The summed E-state index contributed by atoms with van der Waals surface area (Å²) < 4.78 is 43.0. The molecule has 0 bridgehead atoms. The van der Waals surface area contributed by atoms with E-state index < -0.39 is 23.7 Å². The van der Waals surface area contributed by atoms with Crippen LogP contribution < -0.4 is 10.6 Å². The average molecular weight is 298 g/mol. The fourth-order valence-corrected chi connectivity index (χ4v) is 1.72. The minimum absolute atomic E-state index is 0.160. The molecular formula is C11H17F3N2O4. The molecule has 0 spiro atoms. The summed E-state index contributed by atoms with van der Waals surface area (Å²) in [5.41, 5.74) is -3.31. The van der Waals surface area contributed by atoms with Gasteiger partial charge in [0.05, 0.1) is 0 Å². The number of carbonyl (C=O) groups is 2. The van der Waals surface area contributed by atoms with Crippen LogP contribution in [0.3, 0.4) is 0 Å². The van der Waals surface area contributed by atoms with Crippen molar-refractivity contribution in [3.05, 3.63) is 0 Å². The third-order valence-corrected chi connectivity index (χ3v) is 3.22. The van der Waals surface area contributed by atoms with E-state index in [1.165, 1.54) is 5.32 Å². The van der Waals surface area contributed by atoms with E-state index in [0.717, 1.165) is 6.42 Å². The molecule has 0 saturated carbocycles. The summed E-state index contributed by atoms with van der Waals surface area (Å²) >= 11 is 0. The molecule has 1 heterocycles. The lowest BCUT2D eigenvalue weighted by Gasteiger charge is -2.28. The Hall–Kier alpha value is -1.51. The van der Waals surface area contributed by atoms with E-state index in [0.29, 0.717) is 26.6 Å². The first-order valence-electron chi connectivity index (χ1n) is 6.10. The molecule has 1 saturated heterocycles. The van der Waals surface area contributed by atoms with Crippen molar-refractivity contribution in [3.63, 3.8) is 0 Å². The van der Waals surface area contributed by atoms with Gasteiger partial charge < -0.3 is 20.5 Å². The Bertz CT molecular complexity index is 369. The Balaban J connectivity index is 2.44. The second-order valence-electron chi connectivity index (χ2n) is 4.83. The van der Waals surface area contributed by atoms with Crippen LogP contribution in [0.2, 0.25) is 0 Å². The zero-order valence-electron chi connectivity index (χ0n) is 10.9. The van der Waals surface area contributed by atoms with Gasteiger partial charge in [-0.2, -0.15) is 13.2 Å². The number of halogens is 3. The predicted octanol–water partition coefficient (Wildman–Crippen LogP) is 1.12. The lowest BCUT2D eigenvalue weighted by molar-refractivity contribution is -0.203. The smallest absolute Gasteiger partial charge is 0.422 e. The van der Waals surface area contributed by atoms with Gasteiger partial charge in [0.15, 0.2) is 0 Å². The van der Waals surface area contributed by atoms with Crippen molar-refractivity contribution in [3.8, 4) is 0 Å². The monoisotopic (exact) mass is 298 g/mol. The van der Waals surface area contributed by atoms with Gasteiger partial charge in [-0.15, -0.1) is 0 Å². The number of rotatable bonds is 5. The van der Waals surface area contributed by atoms with Crippen LogP contribution in [-0.4, -0.2) is 48.6 Å². The highest BCUT2D eigenvalue weighted by Crippen LogP contribution is 2.30. The van der Waals surface area contributed by atoms with E-state index in [1.54, 1.807) is 0 Å². The van der Waals surface area contributed by atoms with Gasteiger partial charge in [0.1, 0.15) is 0 Å². The quantitative estimate of drug-likeness (QED) is 0.709. The average Bonchev–Trinajstić information content (AvgIpc) is 2.80. The van der Waals surface area contributed by atoms with Crippen LogP contribution in [0.1, 0.15) is 19.8 Å². The zero-order chi connectivity index (χ0) is 15.4. The molecule has 116 valence electrons. The van der Waals surface area contributed by atoms with Gasteiger partial charge in [0.25, 0.3) is 0 Å². The summed E-state index contributed by atoms with van der Waals surface area (Å²) in [4.78, 5) is 22.1. The molecule has 0 aliphatic carbocycles. The molecule has 1 aliphatic rings. The summed E-state index contributed by atoms with van der Waals surface area (Å²) in [6.07, 6.45) is -3.67. The minimum Gasteiger partial charge on any atom is -0.479 e. The molecule has 0 aromatic heterocycles. The van der Waals surface area contributed by atoms with Crippen LogP contribution in [-0.2, 0) is 9.53 Å². The van der Waals surface area contributed by atoms with Gasteiger partial charge in [-0.3, -0.25) is 0 Å². The van der Waals surface area contributed by atoms with Crippen LogP contribution >= 0.6 is 0 Å². The lowest BCUT2D eigenvalue weighted by Crippen LogP contribution is -2.63. The van der Waals surface area contributed by atoms with Gasteiger partial charge in [0, 0.05) is 19.8 Å². The summed E-state index contributed by atoms with van der Waals surface area (Å²) in [7, 11) is 0. The Morgan fingerprint density at radius 2 is 2.05 bits per heavy atom. The van der Waals surface area contributed by atoms with E-state index in [-0.39, 0.29) is 12.5 Å². The Kier molecular flexibility index (Phi) is 5.21. The summed E-state index contributed by atoms with van der Waals surface area (Å²) in [5.74, 6) is -1.90. The number of nitrogens with one attached hydrogen (secondary N) is 2. The molecule has 0 aromatic rings. The maximum Gasteiger partial charge on any atom is 0.422 e. The molecule has 1 fully saturated rings.